The average molecular weight is 555 g/mol. The zero-order valence-electron chi connectivity index (χ0n) is 23.3. The van der Waals surface area contributed by atoms with E-state index in [1.54, 1.807) is 13.8 Å². The van der Waals surface area contributed by atoms with Gasteiger partial charge in [0.2, 0.25) is 0 Å². The van der Waals surface area contributed by atoms with Crippen molar-refractivity contribution in [1.82, 2.24) is 4.57 Å². The summed E-state index contributed by atoms with van der Waals surface area (Å²) in [6, 6.07) is 29.3. The molecule has 41 heavy (non-hydrogen) atoms. The zero-order valence-corrected chi connectivity index (χ0v) is 23.3. The van der Waals surface area contributed by atoms with Crippen LogP contribution in [0.25, 0.3) is 21.7 Å². The third kappa shape index (κ3) is 8.06. The highest BCUT2D eigenvalue weighted by molar-refractivity contribution is 6.00. The van der Waals surface area contributed by atoms with Gasteiger partial charge in [-0.3, -0.25) is 0 Å². The number of benzene rings is 3. The molecule has 212 valence electrons. The highest BCUT2D eigenvalue weighted by Crippen LogP contribution is 2.39. The molecule has 0 saturated carbocycles. The third-order valence-electron chi connectivity index (χ3n) is 6.44. The number of rotatable bonds is 15. The number of hydrogen-bond acceptors (Lipinski definition) is 6. The molecule has 0 aliphatic heterocycles. The highest BCUT2D eigenvalue weighted by Gasteiger charge is 2.27. The molecule has 0 spiro atoms. The molecule has 4 rings (SSSR count). The van der Waals surface area contributed by atoms with Crippen LogP contribution in [0.5, 0.6) is 0 Å². The van der Waals surface area contributed by atoms with Gasteiger partial charge in [-0.2, -0.15) is 0 Å². The summed E-state index contributed by atoms with van der Waals surface area (Å²) < 4.78 is 25.5. The second-order valence-electron chi connectivity index (χ2n) is 9.28. The predicted molar refractivity (Wildman–Crippen MR) is 156 cm³/mol. The summed E-state index contributed by atoms with van der Waals surface area (Å²) >= 11 is 0. The molecule has 0 aliphatic carbocycles. The minimum Gasteiger partial charge on any atom is -0.462 e. The Bertz CT molecular complexity index is 1390. The molecule has 0 bridgehead atoms. The summed E-state index contributed by atoms with van der Waals surface area (Å²) in [5, 5.41) is 3.92. The van der Waals surface area contributed by atoms with Crippen LogP contribution in [0.2, 0.25) is 0 Å². The second-order valence-corrected chi connectivity index (χ2v) is 9.28. The molecule has 3 aromatic carbocycles. The molecule has 9 heteroatoms. The van der Waals surface area contributed by atoms with Gasteiger partial charge in [0.25, 0.3) is 0 Å². The molecule has 1 heterocycles. The smallest absolute Gasteiger partial charge is 0.340 e. The maximum atomic E-state index is 12.9. The van der Waals surface area contributed by atoms with E-state index in [0.717, 1.165) is 16.7 Å². The van der Waals surface area contributed by atoms with Crippen molar-refractivity contribution in [2.24, 2.45) is 5.11 Å². The first-order valence-electron chi connectivity index (χ1n) is 13.5. The maximum absolute atomic E-state index is 12.9. The van der Waals surface area contributed by atoms with Crippen LogP contribution in [0.3, 0.4) is 0 Å². The van der Waals surface area contributed by atoms with E-state index in [9.17, 15) is 10.3 Å². The lowest BCUT2D eigenvalue weighted by atomic mass is 10.1. The van der Waals surface area contributed by atoms with Crippen molar-refractivity contribution < 1.29 is 23.7 Å². The SMILES string of the molecule is CCOC(=O)c1c(N=[N+]=[N-])c(-c2ccccc2)n(COC(COCc2ccccc2)COCc2ccccc2)c1C. The Balaban J connectivity index is 1.58. The lowest BCUT2D eigenvalue weighted by Gasteiger charge is -2.21. The normalized spacial score (nSPS) is 10.9. The van der Waals surface area contributed by atoms with Crippen molar-refractivity contribution in [3.05, 3.63) is 124 Å². The quantitative estimate of drug-likeness (QED) is 0.0660. The van der Waals surface area contributed by atoms with E-state index in [1.165, 1.54) is 0 Å². The van der Waals surface area contributed by atoms with Gasteiger partial charge in [-0.1, -0.05) is 96.1 Å². The van der Waals surface area contributed by atoms with Gasteiger partial charge >= 0.3 is 5.97 Å². The van der Waals surface area contributed by atoms with Crippen LogP contribution in [-0.2, 0) is 38.9 Å². The Kier molecular flexibility index (Phi) is 11.1. The fourth-order valence-electron chi connectivity index (χ4n) is 4.45. The van der Waals surface area contributed by atoms with Crippen molar-refractivity contribution in [2.45, 2.75) is 39.9 Å². The Labute approximate surface area is 239 Å². The van der Waals surface area contributed by atoms with Gasteiger partial charge in [0.1, 0.15) is 12.8 Å². The largest absolute Gasteiger partial charge is 0.462 e. The predicted octanol–water partition coefficient (Wildman–Crippen LogP) is 7.36. The molecule has 4 aromatic rings. The molecule has 0 aliphatic rings. The van der Waals surface area contributed by atoms with Crippen LogP contribution in [0, 0.1) is 6.92 Å². The third-order valence-corrected chi connectivity index (χ3v) is 6.44. The maximum Gasteiger partial charge on any atom is 0.340 e. The van der Waals surface area contributed by atoms with E-state index in [1.807, 2.05) is 95.6 Å². The average Bonchev–Trinajstić information content (AvgIpc) is 3.28. The number of carbonyl (C=O) groups excluding carboxylic acids is 1. The molecule has 0 N–H and O–H groups in total. The van der Waals surface area contributed by atoms with Gasteiger partial charge in [0, 0.05) is 10.6 Å². The Morgan fingerprint density at radius 1 is 0.878 bits per heavy atom. The summed E-state index contributed by atoms with van der Waals surface area (Å²) in [6.07, 6.45) is -0.415. The lowest BCUT2D eigenvalue weighted by Crippen LogP contribution is -2.27. The minimum atomic E-state index is -0.558. The fourth-order valence-corrected chi connectivity index (χ4v) is 4.45. The second kappa shape index (κ2) is 15.4. The molecule has 9 nitrogen and oxygen atoms in total. The van der Waals surface area contributed by atoms with Crippen molar-refractivity contribution in [2.75, 3.05) is 19.8 Å². The standard InChI is InChI=1S/C32H34N4O5/c1-3-40-32(37)29-24(2)36(31(30(29)34-35-33)27-17-11-6-12-18-27)23-41-28(21-38-19-25-13-7-4-8-14-25)22-39-20-26-15-9-5-10-16-26/h4-18,28H,3,19-23H2,1-2H3. The zero-order chi connectivity index (χ0) is 28.9. The van der Waals surface area contributed by atoms with Crippen molar-refractivity contribution in [1.29, 1.82) is 0 Å². The van der Waals surface area contributed by atoms with Gasteiger partial charge in [0.05, 0.1) is 50.0 Å². The Morgan fingerprint density at radius 3 is 1.93 bits per heavy atom. The lowest BCUT2D eigenvalue weighted by molar-refractivity contribution is -0.0873. The monoisotopic (exact) mass is 554 g/mol. The number of hydrogen-bond donors (Lipinski definition) is 0. The van der Waals surface area contributed by atoms with E-state index < -0.39 is 12.1 Å². The van der Waals surface area contributed by atoms with Crippen molar-refractivity contribution in [3.63, 3.8) is 0 Å². The van der Waals surface area contributed by atoms with E-state index in [-0.39, 0.29) is 24.6 Å². The number of azide groups is 1. The van der Waals surface area contributed by atoms with Crippen LogP contribution >= 0.6 is 0 Å². The van der Waals surface area contributed by atoms with E-state index >= 15 is 0 Å². The van der Waals surface area contributed by atoms with Crippen LogP contribution < -0.4 is 0 Å². The van der Waals surface area contributed by atoms with Gasteiger partial charge in [-0.25, -0.2) is 4.79 Å². The van der Waals surface area contributed by atoms with Gasteiger partial charge in [-0.05, 0) is 36.1 Å². The number of aromatic nitrogens is 1. The van der Waals surface area contributed by atoms with Crippen LogP contribution in [0.4, 0.5) is 5.69 Å². The van der Waals surface area contributed by atoms with Crippen LogP contribution in [0.15, 0.2) is 96.1 Å². The Hall–Kier alpha value is -4.40. The van der Waals surface area contributed by atoms with Gasteiger partial charge < -0.3 is 23.5 Å². The summed E-state index contributed by atoms with van der Waals surface area (Å²) in [4.78, 5) is 16.0. The van der Waals surface area contributed by atoms with Gasteiger partial charge in [0.15, 0.2) is 0 Å². The Morgan fingerprint density at radius 2 is 1.41 bits per heavy atom. The molecule has 0 radical (unpaired) electrons. The van der Waals surface area contributed by atoms with E-state index in [0.29, 0.717) is 37.8 Å². The van der Waals surface area contributed by atoms with Crippen molar-refractivity contribution in [3.8, 4) is 11.3 Å². The first kappa shape index (κ1) is 29.6. The first-order chi connectivity index (χ1) is 20.1. The van der Waals surface area contributed by atoms with Crippen molar-refractivity contribution >= 4 is 11.7 Å². The van der Waals surface area contributed by atoms with Crippen LogP contribution in [-0.4, -0.2) is 36.5 Å². The highest BCUT2D eigenvalue weighted by atomic mass is 16.6. The molecule has 0 amide bonds. The summed E-state index contributed by atoms with van der Waals surface area (Å²) in [5.74, 6) is -0.558. The van der Waals surface area contributed by atoms with E-state index in [2.05, 4.69) is 10.0 Å². The molecule has 0 fully saturated rings. The first-order valence-corrected chi connectivity index (χ1v) is 13.5. The fraction of sp³-hybridized carbons (Fsp3) is 0.281. The molecule has 0 unspecified atom stereocenters. The van der Waals surface area contributed by atoms with Crippen LogP contribution in [0.1, 0.15) is 34.1 Å². The minimum absolute atomic E-state index is 0.0669. The summed E-state index contributed by atoms with van der Waals surface area (Å²) in [7, 11) is 0. The summed E-state index contributed by atoms with van der Waals surface area (Å²) in [5.41, 5.74) is 13.8. The molecule has 0 atom stereocenters. The number of nitrogens with zero attached hydrogens (tertiary/aromatic N) is 4. The number of carbonyl (C=O) groups is 1. The van der Waals surface area contributed by atoms with E-state index in [4.69, 9.17) is 18.9 Å². The topological polar surface area (TPSA) is 108 Å². The molecule has 0 saturated heterocycles. The molecular formula is C32H34N4O5. The number of ether oxygens (including phenoxy) is 4. The molecule has 1 aromatic heterocycles. The van der Waals surface area contributed by atoms with Gasteiger partial charge in [-0.15, -0.1) is 0 Å². The number of esters is 1. The molecular weight excluding hydrogens is 520 g/mol. The summed E-state index contributed by atoms with van der Waals surface area (Å²) in [6.45, 7) is 5.22.